The zero-order chi connectivity index (χ0) is 20.7. The Morgan fingerprint density at radius 3 is 2.40 bits per heavy atom. The highest BCUT2D eigenvalue weighted by atomic mass is 16.2. The van der Waals surface area contributed by atoms with Crippen LogP contribution in [0.15, 0.2) is 76.6 Å². The molecular weight excluding hydrogens is 378 g/mol. The van der Waals surface area contributed by atoms with Crippen molar-refractivity contribution in [2.45, 2.75) is 6.92 Å². The average molecular weight is 393 g/mol. The highest BCUT2D eigenvalue weighted by molar-refractivity contribution is 5.91. The number of nitrogens with zero attached hydrogens (tertiary/aromatic N) is 4. The lowest BCUT2D eigenvalue weighted by Gasteiger charge is -2.00. The predicted molar refractivity (Wildman–Crippen MR) is 114 cm³/mol. The molecule has 5 aromatic rings. The van der Waals surface area contributed by atoms with Crippen LogP contribution in [0.2, 0.25) is 0 Å². The van der Waals surface area contributed by atoms with Crippen LogP contribution in [0, 0.1) is 18.8 Å². The molecule has 0 aliphatic carbocycles. The fourth-order valence-corrected chi connectivity index (χ4v) is 3.25. The van der Waals surface area contributed by atoms with Crippen LogP contribution >= 0.6 is 0 Å². The molecule has 3 heterocycles. The van der Waals surface area contributed by atoms with Crippen molar-refractivity contribution in [1.29, 1.82) is 0 Å². The van der Waals surface area contributed by atoms with Gasteiger partial charge in [0.2, 0.25) is 0 Å². The topological polar surface area (TPSA) is 85.1 Å². The summed E-state index contributed by atoms with van der Waals surface area (Å²) in [7, 11) is 0. The van der Waals surface area contributed by atoms with Crippen LogP contribution in [-0.4, -0.2) is 24.1 Å². The number of aromatic nitrogens is 5. The zero-order valence-electron chi connectivity index (χ0n) is 16.0. The molecule has 2 aromatic carbocycles. The summed E-state index contributed by atoms with van der Waals surface area (Å²) in [4.78, 5) is 32.1. The van der Waals surface area contributed by atoms with E-state index >= 15 is 0 Å². The van der Waals surface area contributed by atoms with Gasteiger partial charge in [-0.2, -0.15) is 9.08 Å². The molecule has 0 radical (unpaired) electrons. The maximum absolute atomic E-state index is 12.9. The maximum Gasteiger partial charge on any atom is 0.359 e. The lowest BCUT2D eigenvalue weighted by Crippen LogP contribution is -2.29. The number of H-pyrrole nitrogens is 1. The Kier molecular flexibility index (Phi) is 4.04. The molecule has 0 fully saturated rings. The van der Waals surface area contributed by atoms with Crippen molar-refractivity contribution in [2.75, 3.05) is 0 Å². The highest BCUT2D eigenvalue weighted by Crippen LogP contribution is 2.17. The van der Waals surface area contributed by atoms with Crippen LogP contribution in [0.5, 0.6) is 0 Å². The van der Waals surface area contributed by atoms with Crippen molar-refractivity contribution in [3.63, 3.8) is 0 Å². The third-order valence-corrected chi connectivity index (χ3v) is 4.79. The molecule has 0 spiro atoms. The van der Waals surface area contributed by atoms with E-state index in [0.717, 1.165) is 21.1 Å². The predicted octanol–water partition coefficient (Wildman–Crippen LogP) is 2.43. The van der Waals surface area contributed by atoms with Crippen molar-refractivity contribution < 1.29 is 0 Å². The smallest absolute Gasteiger partial charge is 0.306 e. The van der Waals surface area contributed by atoms with Crippen molar-refractivity contribution >= 4 is 16.6 Å². The van der Waals surface area contributed by atoms with Gasteiger partial charge in [0.25, 0.3) is 0 Å². The summed E-state index contributed by atoms with van der Waals surface area (Å²) in [5, 5.41) is 5.09. The molecule has 7 nitrogen and oxygen atoms in total. The van der Waals surface area contributed by atoms with Gasteiger partial charge in [-0.1, -0.05) is 29.5 Å². The lowest BCUT2D eigenvalue weighted by molar-refractivity contribution is 0.827. The van der Waals surface area contributed by atoms with Gasteiger partial charge in [0.1, 0.15) is 0 Å². The Morgan fingerprint density at radius 2 is 1.63 bits per heavy atom. The first-order chi connectivity index (χ1) is 14.6. The van der Waals surface area contributed by atoms with Gasteiger partial charge in [-0.3, -0.25) is 4.98 Å². The normalized spacial score (nSPS) is 10.8. The van der Waals surface area contributed by atoms with Crippen LogP contribution in [0.1, 0.15) is 16.7 Å². The van der Waals surface area contributed by atoms with Gasteiger partial charge >= 0.3 is 11.4 Å². The van der Waals surface area contributed by atoms with Gasteiger partial charge < -0.3 is 4.98 Å². The van der Waals surface area contributed by atoms with Crippen molar-refractivity contribution in [2.24, 2.45) is 0 Å². The van der Waals surface area contributed by atoms with E-state index < -0.39 is 11.4 Å². The van der Waals surface area contributed by atoms with Gasteiger partial charge in [0.05, 0.1) is 11.2 Å². The first-order valence-corrected chi connectivity index (χ1v) is 9.27. The van der Waals surface area contributed by atoms with Gasteiger partial charge in [0.15, 0.2) is 5.65 Å². The summed E-state index contributed by atoms with van der Waals surface area (Å²) >= 11 is 0. The SMILES string of the molecule is Cc1ccc(-n2nc3c4cc(C#Cc5ccncc5)ccc4[nH]c(=O)n3c2=O)cc1. The first-order valence-electron chi connectivity index (χ1n) is 9.27. The summed E-state index contributed by atoms with van der Waals surface area (Å²) in [6.45, 7) is 1.96. The fourth-order valence-electron chi connectivity index (χ4n) is 3.25. The molecule has 7 heteroatoms. The number of benzene rings is 2. The molecule has 0 saturated heterocycles. The summed E-state index contributed by atoms with van der Waals surface area (Å²) in [5.41, 5.74) is 3.06. The van der Waals surface area contributed by atoms with E-state index in [-0.39, 0.29) is 5.65 Å². The van der Waals surface area contributed by atoms with Gasteiger partial charge in [0, 0.05) is 28.9 Å². The molecule has 144 valence electrons. The minimum Gasteiger partial charge on any atom is -0.306 e. The minimum atomic E-state index is -0.531. The van der Waals surface area contributed by atoms with E-state index in [4.69, 9.17) is 0 Å². The second-order valence-electron chi connectivity index (χ2n) is 6.87. The molecule has 0 amide bonds. The van der Waals surface area contributed by atoms with Crippen molar-refractivity contribution in [1.82, 2.24) is 24.1 Å². The Morgan fingerprint density at radius 1 is 0.900 bits per heavy atom. The van der Waals surface area contributed by atoms with Crippen LogP contribution in [-0.2, 0) is 0 Å². The Bertz CT molecular complexity index is 1580. The molecule has 0 unspecified atom stereocenters. The summed E-state index contributed by atoms with van der Waals surface area (Å²) in [6, 6.07) is 16.4. The van der Waals surface area contributed by atoms with Gasteiger partial charge in [-0.25, -0.2) is 9.59 Å². The molecule has 0 aliphatic heterocycles. The van der Waals surface area contributed by atoms with E-state index in [2.05, 4.69) is 26.9 Å². The Hall–Kier alpha value is -4.44. The second-order valence-corrected chi connectivity index (χ2v) is 6.87. The maximum atomic E-state index is 12.9. The molecule has 3 aromatic heterocycles. The van der Waals surface area contributed by atoms with E-state index in [0.29, 0.717) is 16.6 Å². The standard InChI is InChI=1S/C23H15N5O2/c1-15-2-7-18(8-3-15)28-23(30)27-21(26-28)19-14-17(6-9-20(19)25-22(27)29)5-4-16-10-12-24-13-11-16/h2-3,6-14H,1H3,(H,25,29). The first kappa shape index (κ1) is 17.6. The zero-order valence-corrected chi connectivity index (χ0v) is 16.0. The van der Waals surface area contributed by atoms with Crippen LogP contribution < -0.4 is 11.4 Å². The van der Waals surface area contributed by atoms with E-state index in [9.17, 15) is 9.59 Å². The van der Waals surface area contributed by atoms with Crippen molar-refractivity contribution in [3.05, 3.63) is 105 Å². The number of fused-ring (bicyclic) bond motifs is 3. The number of pyridine rings is 1. The number of rotatable bonds is 1. The van der Waals surface area contributed by atoms with E-state index in [1.54, 1.807) is 30.6 Å². The summed E-state index contributed by atoms with van der Waals surface area (Å²) in [5.74, 6) is 6.18. The lowest BCUT2D eigenvalue weighted by atomic mass is 10.1. The van der Waals surface area contributed by atoms with Gasteiger partial charge in [-0.05, 0) is 49.4 Å². The number of hydrogen-bond acceptors (Lipinski definition) is 4. The fraction of sp³-hybridized carbons (Fsp3) is 0.0435. The number of aromatic amines is 1. The Labute approximate surface area is 170 Å². The molecule has 0 bridgehead atoms. The van der Waals surface area contributed by atoms with E-state index in [1.165, 1.54) is 4.68 Å². The number of nitrogens with one attached hydrogen (secondary N) is 1. The van der Waals surface area contributed by atoms with Crippen LogP contribution in [0.25, 0.3) is 22.2 Å². The minimum absolute atomic E-state index is 0.284. The number of aryl methyl sites for hydroxylation is 1. The third-order valence-electron chi connectivity index (χ3n) is 4.79. The Balaban J connectivity index is 1.72. The average Bonchev–Trinajstić information content (AvgIpc) is 3.12. The van der Waals surface area contributed by atoms with Crippen molar-refractivity contribution in [3.8, 4) is 17.5 Å². The molecule has 0 saturated carbocycles. The van der Waals surface area contributed by atoms with E-state index in [1.807, 2.05) is 43.3 Å². The largest absolute Gasteiger partial charge is 0.359 e. The van der Waals surface area contributed by atoms with Gasteiger partial charge in [-0.15, -0.1) is 5.10 Å². The van der Waals surface area contributed by atoms with Crippen LogP contribution in [0.3, 0.4) is 0 Å². The number of hydrogen-bond donors (Lipinski definition) is 1. The molecular formula is C23H15N5O2. The monoisotopic (exact) mass is 393 g/mol. The van der Waals surface area contributed by atoms with Crippen LogP contribution in [0.4, 0.5) is 0 Å². The quantitative estimate of drug-likeness (QED) is 0.443. The molecule has 0 atom stereocenters. The third kappa shape index (κ3) is 2.97. The highest BCUT2D eigenvalue weighted by Gasteiger charge is 2.15. The summed E-state index contributed by atoms with van der Waals surface area (Å²) < 4.78 is 2.28. The summed E-state index contributed by atoms with van der Waals surface area (Å²) in [6.07, 6.45) is 3.37. The molecule has 1 N–H and O–H groups in total. The molecule has 0 aliphatic rings. The molecule has 30 heavy (non-hydrogen) atoms. The second kappa shape index (κ2) is 6.87. The molecule has 5 rings (SSSR count).